The molecule has 1 rings (SSSR count). The van der Waals surface area contributed by atoms with Crippen LogP contribution in [0, 0.1) is 0 Å². The molecule has 6 heteroatoms. The summed E-state index contributed by atoms with van der Waals surface area (Å²) in [4.78, 5) is 22.6. The number of benzene rings is 1. The van der Waals surface area contributed by atoms with E-state index in [2.05, 4.69) is 0 Å². The van der Waals surface area contributed by atoms with Crippen LogP contribution >= 0.6 is 0 Å². The molecule has 1 aromatic carbocycles. The van der Waals surface area contributed by atoms with Gasteiger partial charge in [-0.15, -0.1) is 0 Å². The summed E-state index contributed by atoms with van der Waals surface area (Å²) in [5, 5.41) is 8.92. The van der Waals surface area contributed by atoms with E-state index in [4.69, 9.17) is 21.3 Å². The number of carbonyl (C=O) groups is 2. The average molecular weight is 252 g/mol. The molecule has 0 aliphatic carbocycles. The van der Waals surface area contributed by atoms with Gasteiger partial charge in [-0.25, -0.2) is 9.59 Å². The number of ether oxygens (including phenoxy) is 1. The zero-order valence-electron chi connectivity index (χ0n) is 9.83. The second-order valence-corrected chi connectivity index (χ2v) is 3.79. The summed E-state index contributed by atoms with van der Waals surface area (Å²) in [6, 6.07) is 5.90. The zero-order chi connectivity index (χ0) is 13.5. The number of carboxylic acid groups (broad SMARTS) is 1. The van der Waals surface area contributed by atoms with Gasteiger partial charge in [-0.3, -0.25) is 0 Å². The van der Waals surface area contributed by atoms with E-state index >= 15 is 0 Å². The van der Waals surface area contributed by atoms with Gasteiger partial charge in [0.25, 0.3) is 0 Å². The third-order valence-corrected chi connectivity index (χ3v) is 2.29. The first-order valence-electron chi connectivity index (χ1n) is 5.53. The van der Waals surface area contributed by atoms with Crippen molar-refractivity contribution in [2.45, 2.75) is 19.0 Å². The van der Waals surface area contributed by atoms with Crippen LogP contribution in [0.4, 0.5) is 0 Å². The third kappa shape index (κ3) is 4.15. The van der Waals surface area contributed by atoms with Crippen LogP contribution < -0.4 is 11.5 Å². The molecule has 0 bridgehead atoms. The lowest BCUT2D eigenvalue weighted by atomic mass is 10.1. The first-order chi connectivity index (χ1) is 8.52. The number of nitrogens with two attached hydrogens (primary N) is 2. The lowest BCUT2D eigenvalue weighted by Crippen LogP contribution is -2.30. The third-order valence-electron chi connectivity index (χ3n) is 2.29. The first-order valence-corrected chi connectivity index (χ1v) is 5.53. The quantitative estimate of drug-likeness (QED) is 0.387. The standard InChI is InChI=1S/C12H16N2O4/c13-10(14)6-3-7-18-12(17)9-5-2-1-4-8(9)11(15)16/h1-2,4-5,10H,3,6-7,13-14H2,(H,15,16). The molecule has 1 aromatic rings. The lowest BCUT2D eigenvalue weighted by Gasteiger charge is -2.08. The predicted molar refractivity (Wildman–Crippen MR) is 65.1 cm³/mol. The molecule has 0 spiro atoms. The first kappa shape index (κ1) is 14.1. The monoisotopic (exact) mass is 252 g/mol. The number of esters is 1. The van der Waals surface area contributed by atoms with Crippen molar-refractivity contribution in [3.05, 3.63) is 35.4 Å². The van der Waals surface area contributed by atoms with Gasteiger partial charge in [0.2, 0.25) is 0 Å². The van der Waals surface area contributed by atoms with Gasteiger partial charge in [0.05, 0.1) is 23.9 Å². The van der Waals surface area contributed by atoms with Crippen molar-refractivity contribution in [2.24, 2.45) is 11.5 Å². The Morgan fingerprint density at radius 1 is 1.22 bits per heavy atom. The van der Waals surface area contributed by atoms with Crippen LogP contribution in [0.3, 0.4) is 0 Å². The molecule has 5 N–H and O–H groups in total. The smallest absolute Gasteiger partial charge is 0.339 e. The fraction of sp³-hybridized carbons (Fsp3) is 0.333. The fourth-order valence-corrected chi connectivity index (χ4v) is 1.41. The largest absolute Gasteiger partial charge is 0.478 e. The Bertz CT molecular complexity index is 432. The van der Waals surface area contributed by atoms with E-state index < -0.39 is 18.1 Å². The van der Waals surface area contributed by atoms with Crippen molar-refractivity contribution in [3.63, 3.8) is 0 Å². The summed E-state index contributed by atoms with van der Waals surface area (Å²) in [5.74, 6) is -1.81. The molecule has 0 amide bonds. The van der Waals surface area contributed by atoms with E-state index in [1.54, 1.807) is 12.1 Å². The number of carboxylic acids is 1. The van der Waals surface area contributed by atoms with Crippen molar-refractivity contribution in [1.82, 2.24) is 0 Å². The fourth-order valence-electron chi connectivity index (χ4n) is 1.41. The molecule has 98 valence electrons. The van der Waals surface area contributed by atoms with E-state index in [1.165, 1.54) is 12.1 Å². The van der Waals surface area contributed by atoms with Crippen LogP contribution in [0.25, 0.3) is 0 Å². The van der Waals surface area contributed by atoms with Gasteiger partial charge in [-0.2, -0.15) is 0 Å². The Morgan fingerprint density at radius 2 is 1.83 bits per heavy atom. The van der Waals surface area contributed by atoms with E-state index in [0.717, 1.165) is 0 Å². The van der Waals surface area contributed by atoms with Gasteiger partial charge in [0, 0.05) is 0 Å². The highest BCUT2D eigenvalue weighted by molar-refractivity contribution is 6.02. The molecule has 0 aliphatic heterocycles. The molecule has 0 fully saturated rings. The highest BCUT2D eigenvalue weighted by atomic mass is 16.5. The van der Waals surface area contributed by atoms with Gasteiger partial charge < -0.3 is 21.3 Å². The molecule has 0 radical (unpaired) electrons. The summed E-state index contributed by atoms with van der Waals surface area (Å²) < 4.78 is 4.96. The maximum Gasteiger partial charge on any atom is 0.339 e. The molecule has 6 nitrogen and oxygen atoms in total. The van der Waals surface area contributed by atoms with Crippen molar-refractivity contribution in [1.29, 1.82) is 0 Å². The molecule has 0 atom stereocenters. The molecule has 0 aromatic heterocycles. The Balaban J connectivity index is 2.59. The topological polar surface area (TPSA) is 116 Å². The molecule has 0 aliphatic rings. The van der Waals surface area contributed by atoms with Gasteiger partial charge >= 0.3 is 11.9 Å². The van der Waals surface area contributed by atoms with Gasteiger partial charge in [-0.05, 0) is 25.0 Å². The van der Waals surface area contributed by atoms with Crippen LogP contribution in [-0.4, -0.2) is 29.8 Å². The normalized spacial score (nSPS) is 10.4. The van der Waals surface area contributed by atoms with Gasteiger partial charge in [-0.1, -0.05) is 12.1 Å². The molecular weight excluding hydrogens is 236 g/mol. The van der Waals surface area contributed by atoms with Crippen LogP contribution in [-0.2, 0) is 4.74 Å². The minimum atomic E-state index is -1.16. The van der Waals surface area contributed by atoms with Crippen molar-refractivity contribution >= 4 is 11.9 Å². The molecule has 0 saturated carbocycles. The van der Waals surface area contributed by atoms with E-state index in [9.17, 15) is 9.59 Å². The second-order valence-electron chi connectivity index (χ2n) is 3.79. The Morgan fingerprint density at radius 3 is 2.39 bits per heavy atom. The predicted octanol–water partition coefficient (Wildman–Crippen LogP) is 0.565. The molecular formula is C12H16N2O4. The van der Waals surface area contributed by atoms with Crippen molar-refractivity contribution < 1.29 is 19.4 Å². The Kier molecular flexibility index (Phi) is 5.29. The maximum atomic E-state index is 11.7. The van der Waals surface area contributed by atoms with E-state index in [0.29, 0.717) is 12.8 Å². The van der Waals surface area contributed by atoms with Crippen LogP contribution in [0.1, 0.15) is 33.6 Å². The number of rotatable bonds is 6. The van der Waals surface area contributed by atoms with Crippen LogP contribution in [0.15, 0.2) is 24.3 Å². The van der Waals surface area contributed by atoms with Gasteiger partial charge in [0.15, 0.2) is 0 Å². The number of carbonyl (C=O) groups excluding carboxylic acids is 1. The molecule has 18 heavy (non-hydrogen) atoms. The number of hydrogen-bond donors (Lipinski definition) is 3. The highest BCUT2D eigenvalue weighted by Crippen LogP contribution is 2.10. The summed E-state index contributed by atoms with van der Waals surface area (Å²) in [7, 11) is 0. The minimum Gasteiger partial charge on any atom is -0.478 e. The number of hydrogen-bond acceptors (Lipinski definition) is 5. The second kappa shape index (κ2) is 6.73. The summed E-state index contributed by atoms with van der Waals surface area (Å²) >= 11 is 0. The molecule has 0 heterocycles. The highest BCUT2D eigenvalue weighted by Gasteiger charge is 2.16. The van der Waals surface area contributed by atoms with Gasteiger partial charge in [0.1, 0.15) is 0 Å². The average Bonchev–Trinajstić information content (AvgIpc) is 2.34. The van der Waals surface area contributed by atoms with Crippen LogP contribution in [0.2, 0.25) is 0 Å². The Hall–Kier alpha value is -1.92. The Labute approximate surface area is 105 Å². The van der Waals surface area contributed by atoms with Crippen molar-refractivity contribution in [2.75, 3.05) is 6.61 Å². The summed E-state index contributed by atoms with van der Waals surface area (Å²) in [6.07, 6.45) is 0.641. The molecule has 0 saturated heterocycles. The van der Waals surface area contributed by atoms with Crippen molar-refractivity contribution in [3.8, 4) is 0 Å². The van der Waals surface area contributed by atoms with E-state index in [1.807, 2.05) is 0 Å². The summed E-state index contributed by atoms with van der Waals surface area (Å²) in [5.41, 5.74) is 10.7. The summed E-state index contributed by atoms with van der Waals surface area (Å²) in [6.45, 7) is 0.164. The SMILES string of the molecule is NC(N)CCCOC(=O)c1ccccc1C(=O)O. The van der Waals surface area contributed by atoms with E-state index in [-0.39, 0.29) is 17.7 Å². The molecule has 0 unspecified atom stereocenters. The lowest BCUT2D eigenvalue weighted by molar-refractivity contribution is 0.0486. The van der Waals surface area contributed by atoms with Crippen LogP contribution in [0.5, 0.6) is 0 Å². The maximum absolute atomic E-state index is 11.7. The number of aromatic carboxylic acids is 1. The minimum absolute atomic E-state index is 0.0436. The zero-order valence-corrected chi connectivity index (χ0v) is 9.83.